The van der Waals surface area contributed by atoms with Crippen LogP contribution in [0.15, 0.2) is 35.4 Å². The maximum absolute atomic E-state index is 12.1. The van der Waals surface area contributed by atoms with Crippen molar-refractivity contribution in [3.63, 3.8) is 0 Å². The molecule has 0 saturated heterocycles. The summed E-state index contributed by atoms with van der Waals surface area (Å²) >= 11 is 1.66. The van der Waals surface area contributed by atoms with E-state index in [-0.39, 0.29) is 6.61 Å². The second kappa shape index (κ2) is 5.09. The van der Waals surface area contributed by atoms with Crippen LogP contribution in [0.3, 0.4) is 0 Å². The van der Waals surface area contributed by atoms with Gasteiger partial charge in [0.1, 0.15) is 11.6 Å². The number of hydrogen-bond donors (Lipinski definition) is 0. The van der Waals surface area contributed by atoms with Crippen LogP contribution in [0.5, 0.6) is 0 Å². The fraction of sp³-hybridized carbons (Fsp3) is 0.286. The van der Waals surface area contributed by atoms with Gasteiger partial charge in [0.25, 0.3) is 0 Å². The van der Waals surface area contributed by atoms with E-state index in [0.29, 0.717) is 0 Å². The summed E-state index contributed by atoms with van der Waals surface area (Å²) in [6, 6.07) is 9.65. The monoisotopic (exact) mass is 274 g/mol. The number of benzene rings is 1. The molecule has 0 N–H and O–H groups in total. The normalized spacial score (nSPS) is 13.3. The molecule has 0 spiro atoms. The lowest BCUT2D eigenvalue weighted by Crippen LogP contribution is -2.16. The Balaban J connectivity index is 1.73. The van der Waals surface area contributed by atoms with Gasteiger partial charge in [-0.2, -0.15) is 9.78 Å². The first-order chi connectivity index (χ1) is 9.25. The topological polar surface area (TPSA) is 44.1 Å². The van der Waals surface area contributed by atoms with Crippen molar-refractivity contribution in [2.75, 3.05) is 5.75 Å². The molecule has 98 valence electrons. The third kappa shape index (κ3) is 2.38. The minimum atomic E-state index is -0.400. The van der Waals surface area contributed by atoms with Crippen molar-refractivity contribution in [3.05, 3.63) is 47.2 Å². The van der Waals surface area contributed by atoms with Crippen LogP contribution >= 0.6 is 11.8 Å². The zero-order chi connectivity index (χ0) is 13.2. The molecule has 0 bridgehead atoms. The van der Waals surface area contributed by atoms with Gasteiger partial charge in [0.05, 0.1) is 5.69 Å². The average Bonchev–Trinajstić information content (AvgIpc) is 3.02. The van der Waals surface area contributed by atoms with Gasteiger partial charge in [0, 0.05) is 11.3 Å². The molecule has 1 aliphatic rings. The lowest BCUT2D eigenvalue weighted by Gasteiger charge is -2.06. The molecule has 19 heavy (non-hydrogen) atoms. The van der Waals surface area contributed by atoms with E-state index < -0.39 is 6.09 Å². The van der Waals surface area contributed by atoms with Crippen LogP contribution in [0.1, 0.15) is 16.8 Å². The highest BCUT2D eigenvalue weighted by molar-refractivity contribution is 7.99. The number of rotatable bonds is 2. The summed E-state index contributed by atoms with van der Waals surface area (Å²) in [5.41, 5.74) is 3.09. The lowest BCUT2D eigenvalue weighted by molar-refractivity contribution is 0.135. The molecule has 0 unspecified atom stereocenters. The van der Waals surface area contributed by atoms with Gasteiger partial charge in [-0.25, -0.2) is 4.79 Å². The number of hydrogen-bond acceptors (Lipinski definition) is 4. The van der Waals surface area contributed by atoms with E-state index in [0.717, 1.165) is 28.5 Å². The van der Waals surface area contributed by atoms with Crippen molar-refractivity contribution in [1.29, 1.82) is 0 Å². The van der Waals surface area contributed by atoms with E-state index in [1.165, 1.54) is 10.2 Å². The van der Waals surface area contributed by atoms with Crippen LogP contribution < -0.4 is 0 Å². The first kappa shape index (κ1) is 12.3. The fourth-order valence-corrected chi connectivity index (χ4v) is 3.29. The molecule has 5 heteroatoms. The van der Waals surface area contributed by atoms with E-state index in [4.69, 9.17) is 4.74 Å². The van der Waals surface area contributed by atoms with Crippen molar-refractivity contribution >= 4 is 17.9 Å². The van der Waals surface area contributed by atoms with Gasteiger partial charge >= 0.3 is 6.09 Å². The molecule has 0 radical (unpaired) electrons. The van der Waals surface area contributed by atoms with Crippen LogP contribution in [0.25, 0.3) is 0 Å². The van der Waals surface area contributed by atoms with Crippen LogP contribution in [0.2, 0.25) is 0 Å². The zero-order valence-electron chi connectivity index (χ0n) is 10.6. The molecule has 0 amide bonds. The highest BCUT2D eigenvalue weighted by Crippen LogP contribution is 2.33. The largest absolute Gasteiger partial charge is 0.443 e. The second-order valence-corrected chi connectivity index (χ2v) is 5.50. The van der Waals surface area contributed by atoms with Crippen LogP contribution in [-0.4, -0.2) is 21.6 Å². The Morgan fingerprint density at radius 3 is 3.00 bits per heavy atom. The van der Waals surface area contributed by atoms with Crippen molar-refractivity contribution in [1.82, 2.24) is 9.78 Å². The second-order valence-electron chi connectivity index (χ2n) is 4.42. The smallest absolute Gasteiger partial charge is 0.436 e. The SMILES string of the molecule is Cc1nn(C(=O)OCc2ccccc2)c2c1CCS2. The predicted molar refractivity (Wildman–Crippen MR) is 73.4 cm³/mol. The van der Waals surface area contributed by atoms with Gasteiger partial charge in [-0.3, -0.25) is 0 Å². The Bertz CT molecular complexity index is 607. The van der Waals surface area contributed by atoms with Crippen molar-refractivity contribution in [3.8, 4) is 0 Å². The quantitative estimate of drug-likeness (QED) is 0.844. The molecule has 2 heterocycles. The summed E-state index contributed by atoms with van der Waals surface area (Å²) in [5.74, 6) is 1.01. The van der Waals surface area contributed by atoms with E-state index >= 15 is 0 Å². The van der Waals surface area contributed by atoms with E-state index in [1.807, 2.05) is 37.3 Å². The summed E-state index contributed by atoms with van der Waals surface area (Å²) < 4.78 is 6.70. The molecular weight excluding hydrogens is 260 g/mol. The van der Waals surface area contributed by atoms with Crippen LogP contribution in [0.4, 0.5) is 4.79 Å². The number of ether oxygens (including phenoxy) is 1. The first-order valence-electron chi connectivity index (χ1n) is 6.18. The predicted octanol–water partition coefficient (Wildman–Crippen LogP) is 3.02. The summed E-state index contributed by atoms with van der Waals surface area (Å²) in [6.07, 6.45) is 0.584. The summed E-state index contributed by atoms with van der Waals surface area (Å²) in [7, 11) is 0. The number of carbonyl (C=O) groups excluding carboxylic acids is 1. The van der Waals surface area contributed by atoms with Gasteiger partial charge in [-0.05, 0) is 18.9 Å². The standard InChI is InChI=1S/C14H14N2O2S/c1-10-12-7-8-19-13(12)16(15-10)14(17)18-9-11-5-3-2-4-6-11/h2-6H,7-9H2,1H3. The Kier molecular flexibility index (Phi) is 3.29. The molecule has 1 aliphatic heterocycles. The Labute approximate surface area is 115 Å². The number of aryl methyl sites for hydroxylation is 1. The minimum Gasteiger partial charge on any atom is -0.443 e. The lowest BCUT2D eigenvalue weighted by atomic mass is 10.2. The highest BCUT2D eigenvalue weighted by atomic mass is 32.2. The Hall–Kier alpha value is -1.75. The van der Waals surface area contributed by atoms with Crippen LogP contribution in [-0.2, 0) is 17.8 Å². The highest BCUT2D eigenvalue weighted by Gasteiger charge is 2.24. The molecule has 1 aromatic carbocycles. The summed E-state index contributed by atoms with van der Waals surface area (Å²) in [6.45, 7) is 2.21. The Morgan fingerprint density at radius 2 is 2.21 bits per heavy atom. The van der Waals surface area contributed by atoms with Gasteiger partial charge in [0.15, 0.2) is 0 Å². The van der Waals surface area contributed by atoms with Crippen molar-refractivity contribution in [2.45, 2.75) is 25.0 Å². The molecule has 0 atom stereocenters. The van der Waals surface area contributed by atoms with Gasteiger partial charge < -0.3 is 4.74 Å². The molecule has 0 aliphatic carbocycles. The number of fused-ring (bicyclic) bond motifs is 1. The van der Waals surface area contributed by atoms with Crippen molar-refractivity contribution < 1.29 is 9.53 Å². The van der Waals surface area contributed by atoms with E-state index in [1.54, 1.807) is 11.8 Å². The summed E-state index contributed by atoms with van der Waals surface area (Å²) in [4.78, 5) is 12.1. The number of thioether (sulfide) groups is 1. The maximum Gasteiger partial charge on any atom is 0.436 e. The molecule has 0 fully saturated rings. The molecule has 0 saturated carbocycles. The first-order valence-corrected chi connectivity index (χ1v) is 7.16. The number of nitrogens with zero attached hydrogens (tertiary/aromatic N) is 2. The fourth-order valence-electron chi connectivity index (χ4n) is 2.13. The number of carbonyl (C=O) groups is 1. The molecule has 4 nitrogen and oxygen atoms in total. The molecule has 2 aromatic rings. The van der Waals surface area contributed by atoms with Gasteiger partial charge in [0.2, 0.25) is 0 Å². The Morgan fingerprint density at radius 1 is 1.42 bits per heavy atom. The molecule has 3 rings (SSSR count). The zero-order valence-corrected chi connectivity index (χ0v) is 11.4. The van der Waals surface area contributed by atoms with Gasteiger partial charge in [-0.1, -0.05) is 30.3 Å². The van der Waals surface area contributed by atoms with E-state index in [2.05, 4.69) is 5.10 Å². The summed E-state index contributed by atoms with van der Waals surface area (Å²) in [5, 5.41) is 5.21. The maximum atomic E-state index is 12.1. The molecule has 1 aromatic heterocycles. The third-order valence-electron chi connectivity index (χ3n) is 3.11. The van der Waals surface area contributed by atoms with Crippen LogP contribution in [0, 0.1) is 6.92 Å². The van der Waals surface area contributed by atoms with E-state index in [9.17, 15) is 4.79 Å². The average molecular weight is 274 g/mol. The molecular formula is C14H14N2O2S. The third-order valence-corrected chi connectivity index (χ3v) is 4.21. The number of aromatic nitrogens is 2. The van der Waals surface area contributed by atoms with Crippen molar-refractivity contribution in [2.24, 2.45) is 0 Å². The minimum absolute atomic E-state index is 0.276. The van der Waals surface area contributed by atoms with Gasteiger partial charge in [-0.15, -0.1) is 11.8 Å².